The summed E-state index contributed by atoms with van der Waals surface area (Å²) in [7, 11) is 0. The average Bonchev–Trinajstić information content (AvgIpc) is 2.63. The van der Waals surface area contributed by atoms with Crippen LogP contribution in [-0.2, 0) is 0 Å². The SMILES string of the molecule is C=CCCC(C)CC1(O)CC1. The van der Waals surface area contributed by atoms with Gasteiger partial charge in [-0.25, -0.2) is 0 Å². The molecular weight excluding hydrogens is 136 g/mol. The minimum Gasteiger partial charge on any atom is -0.390 e. The van der Waals surface area contributed by atoms with Gasteiger partial charge in [-0.1, -0.05) is 13.0 Å². The molecule has 11 heavy (non-hydrogen) atoms. The first-order chi connectivity index (χ1) is 5.16. The summed E-state index contributed by atoms with van der Waals surface area (Å²) in [6.07, 6.45) is 7.23. The first-order valence-corrected chi connectivity index (χ1v) is 4.49. The lowest BCUT2D eigenvalue weighted by Gasteiger charge is -2.13. The first-order valence-electron chi connectivity index (χ1n) is 4.49. The van der Waals surface area contributed by atoms with Gasteiger partial charge in [-0.05, 0) is 38.0 Å². The molecule has 0 aliphatic heterocycles. The van der Waals surface area contributed by atoms with E-state index in [0.29, 0.717) is 5.92 Å². The lowest BCUT2D eigenvalue weighted by Crippen LogP contribution is -2.11. The lowest BCUT2D eigenvalue weighted by molar-refractivity contribution is 0.119. The van der Waals surface area contributed by atoms with Gasteiger partial charge in [0, 0.05) is 0 Å². The Bertz CT molecular complexity index is 136. The van der Waals surface area contributed by atoms with Gasteiger partial charge in [-0.2, -0.15) is 0 Å². The topological polar surface area (TPSA) is 20.2 Å². The van der Waals surface area contributed by atoms with Crippen molar-refractivity contribution in [1.82, 2.24) is 0 Å². The molecule has 1 N–H and O–H groups in total. The quantitative estimate of drug-likeness (QED) is 0.603. The molecule has 1 aliphatic rings. The van der Waals surface area contributed by atoms with Crippen LogP contribution in [0, 0.1) is 5.92 Å². The number of aliphatic hydroxyl groups is 1. The van der Waals surface area contributed by atoms with Crippen LogP contribution in [0.25, 0.3) is 0 Å². The lowest BCUT2D eigenvalue weighted by atomic mass is 9.97. The second kappa shape index (κ2) is 3.40. The summed E-state index contributed by atoms with van der Waals surface area (Å²) in [6.45, 7) is 5.89. The van der Waals surface area contributed by atoms with Crippen molar-refractivity contribution < 1.29 is 5.11 Å². The third kappa shape index (κ3) is 3.06. The summed E-state index contributed by atoms with van der Waals surface area (Å²) in [5.41, 5.74) is -0.263. The van der Waals surface area contributed by atoms with Gasteiger partial charge in [-0.15, -0.1) is 6.58 Å². The first kappa shape index (κ1) is 8.79. The molecule has 64 valence electrons. The van der Waals surface area contributed by atoms with Crippen molar-refractivity contribution in [2.24, 2.45) is 5.92 Å². The molecule has 1 fully saturated rings. The van der Waals surface area contributed by atoms with Gasteiger partial charge >= 0.3 is 0 Å². The minimum absolute atomic E-state index is 0.263. The number of allylic oxidation sites excluding steroid dienone is 1. The summed E-state index contributed by atoms with van der Waals surface area (Å²) in [4.78, 5) is 0. The van der Waals surface area contributed by atoms with E-state index in [1.54, 1.807) is 0 Å². The number of rotatable bonds is 5. The predicted octanol–water partition coefficient (Wildman–Crippen LogP) is 2.50. The van der Waals surface area contributed by atoms with Crippen molar-refractivity contribution in [2.45, 2.75) is 44.6 Å². The van der Waals surface area contributed by atoms with E-state index in [9.17, 15) is 5.11 Å². The Hall–Kier alpha value is -0.300. The minimum atomic E-state index is -0.263. The second-order valence-corrected chi connectivity index (χ2v) is 3.90. The van der Waals surface area contributed by atoms with Crippen LogP contribution in [0.1, 0.15) is 39.0 Å². The Morgan fingerprint density at radius 3 is 2.73 bits per heavy atom. The van der Waals surface area contributed by atoms with Crippen molar-refractivity contribution in [2.75, 3.05) is 0 Å². The molecule has 0 aromatic heterocycles. The van der Waals surface area contributed by atoms with Gasteiger partial charge in [0.05, 0.1) is 5.60 Å². The largest absolute Gasteiger partial charge is 0.390 e. The molecule has 1 saturated carbocycles. The zero-order valence-corrected chi connectivity index (χ0v) is 7.34. The van der Waals surface area contributed by atoms with Crippen LogP contribution >= 0.6 is 0 Å². The summed E-state index contributed by atoms with van der Waals surface area (Å²) in [5, 5.41) is 9.57. The van der Waals surface area contributed by atoms with Crippen LogP contribution in [0.2, 0.25) is 0 Å². The van der Waals surface area contributed by atoms with E-state index in [1.165, 1.54) is 6.42 Å². The van der Waals surface area contributed by atoms with Gasteiger partial charge in [0.2, 0.25) is 0 Å². The highest BCUT2D eigenvalue weighted by Gasteiger charge is 2.40. The predicted molar refractivity (Wildman–Crippen MR) is 47.4 cm³/mol. The molecule has 0 radical (unpaired) electrons. The van der Waals surface area contributed by atoms with Crippen molar-refractivity contribution in [1.29, 1.82) is 0 Å². The maximum Gasteiger partial charge on any atom is 0.0652 e. The average molecular weight is 154 g/mol. The highest BCUT2D eigenvalue weighted by atomic mass is 16.3. The normalized spacial score (nSPS) is 22.7. The summed E-state index contributed by atoms with van der Waals surface area (Å²) in [6, 6.07) is 0. The fraction of sp³-hybridized carbons (Fsp3) is 0.800. The zero-order valence-electron chi connectivity index (χ0n) is 7.34. The molecule has 1 nitrogen and oxygen atoms in total. The molecular formula is C10H18O. The van der Waals surface area contributed by atoms with E-state index in [4.69, 9.17) is 0 Å². The third-order valence-corrected chi connectivity index (χ3v) is 2.42. The standard InChI is InChI=1S/C10H18O/c1-3-4-5-9(2)8-10(11)6-7-10/h3,9,11H,1,4-8H2,2H3. The molecule has 1 heteroatoms. The molecule has 0 bridgehead atoms. The molecule has 1 aliphatic carbocycles. The van der Waals surface area contributed by atoms with Crippen molar-refractivity contribution in [3.05, 3.63) is 12.7 Å². The van der Waals surface area contributed by atoms with Crippen LogP contribution in [0.4, 0.5) is 0 Å². The molecule has 0 heterocycles. The molecule has 0 spiro atoms. The third-order valence-electron chi connectivity index (χ3n) is 2.42. The van der Waals surface area contributed by atoms with E-state index in [-0.39, 0.29) is 5.60 Å². The van der Waals surface area contributed by atoms with Gasteiger partial charge in [0.1, 0.15) is 0 Å². The summed E-state index contributed by atoms with van der Waals surface area (Å²) < 4.78 is 0. The van der Waals surface area contributed by atoms with Crippen molar-refractivity contribution in [3.8, 4) is 0 Å². The molecule has 1 rings (SSSR count). The van der Waals surface area contributed by atoms with E-state index in [0.717, 1.165) is 25.7 Å². The smallest absolute Gasteiger partial charge is 0.0652 e. The van der Waals surface area contributed by atoms with Crippen molar-refractivity contribution >= 4 is 0 Å². The molecule has 0 aromatic carbocycles. The van der Waals surface area contributed by atoms with E-state index >= 15 is 0 Å². The maximum absolute atomic E-state index is 9.57. The Kier molecular flexibility index (Phi) is 2.72. The van der Waals surface area contributed by atoms with E-state index in [1.807, 2.05) is 6.08 Å². The van der Waals surface area contributed by atoms with Gasteiger partial charge in [0.15, 0.2) is 0 Å². The highest BCUT2D eigenvalue weighted by molar-refractivity contribution is 4.94. The molecule has 0 amide bonds. The number of hydrogen-bond donors (Lipinski definition) is 1. The summed E-state index contributed by atoms with van der Waals surface area (Å²) in [5.74, 6) is 0.653. The Morgan fingerprint density at radius 1 is 1.64 bits per heavy atom. The maximum atomic E-state index is 9.57. The molecule has 1 unspecified atom stereocenters. The van der Waals surface area contributed by atoms with E-state index in [2.05, 4.69) is 13.5 Å². The monoisotopic (exact) mass is 154 g/mol. The second-order valence-electron chi connectivity index (χ2n) is 3.90. The highest BCUT2D eigenvalue weighted by Crippen LogP contribution is 2.41. The molecule has 1 atom stereocenters. The Labute approximate surface area is 69.1 Å². The number of hydrogen-bond acceptors (Lipinski definition) is 1. The summed E-state index contributed by atoms with van der Waals surface area (Å²) >= 11 is 0. The van der Waals surface area contributed by atoms with Crippen LogP contribution in [-0.4, -0.2) is 10.7 Å². The van der Waals surface area contributed by atoms with Crippen LogP contribution in [0.5, 0.6) is 0 Å². The van der Waals surface area contributed by atoms with Gasteiger partial charge in [0.25, 0.3) is 0 Å². The molecule has 0 aromatic rings. The van der Waals surface area contributed by atoms with Gasteiger partial charge in [-0.3, -0.25) is 0 Å². The fourth-order valence-corrected chi connectivity index (χ4v) is 1.50. The molecule has 0 saturated heterocycles. The fourth-order valence-electron chi connectivity index (χ4n) is 1.50. The van der Waals surface area contributed by atoms with Gasteiger partial charge < -0.3 is 5.11 Å². The van der Waals surface area contributed by atoms with Crippen molar-refractivity contribution in [3.63, 3.8) is 0 Å². The Balaban J connectivity index is 2.10. The van der Waals surface area contributed by atoms with Crippen LogP contribution < -0.4 is 0 Å². The van der Waals surface area contributed by atoms with Crippen LogP contribution in [0.3, 0.4) is 0 Å². The van der Waals surface area contributed by atoms with Crippen LogP contribution in [0.15, 0.2) is 12.7 Å². The zero-order chi connectivity index (χ0) is 8.32. The Morgan fingerprint density at radius 2 is 2.27 bits per heavy atom. The van der Waals surface area contributed by atoms with E-state index < -0.39 is 0 Å².